The van der Waals surface area contributed by atoms with Crippen LogP contribution in [0.3, 0.4) is 0 Å². The predicted molar refractivity (Wildman–Crippen MR) is 108 cm³/mol. The summed E-state index contributed by atoms with van der Waals surface area (Å²) in [4.78, 5) is 14.9. The van der Waals surface area contributed by atoms with Crippen LogP contribution in [0, 0.1) is 0 Å². The van der Waals surface area contributed by atoms with Crippen molar-refractivity contribution in [2.24, 2.45) is 0 Å². The van der Waals surface area contributed by atoms with E-state index in [2.05, 4.69) is 20.7 Å². The fourth-order valence-electron chi connectivity index (χ4n) is 3.11. The van der Waals surface area contributed by atoms with Gasteiger partial charge in [-0.1, -0.05) is 17.3 Å². The van der Waals surface area contributed by atoms with E-state index in [1.165, 1.54) is 17.3 Å². The molecule has 1 unspecified atom stereocenters. The van der Waals surface area contributed by atoms with E-state index >= 15 is 0 Å². The second-order valence-corrected chi connectivity index (χ2v) is 6.77. The van der Waals surface area contributed by atoms with Crippen molar-refractivity contribution in [3.05, 3.63) is 72.4 Å². The van der Waals surface area contributed by atoms with Crippen LogP contribution in [0.4, 0.5) is 0 Å². The van der Waals surface area contributed by atoms with Gasteiger partial charge in [0.05, 0.1) is 18.8 Å². The zero-order chi connectivity index (χ0) is 21.1. The number of hydrogen-bond acceptors (Lipinski definition) is 7. The highest BCUT2D eigenvalue weighted by Gasteiger charge is 2.22. The van der Waals surface area contributed by atoms with Gasteiger partial charge in [-0.05, 0) is 58.8 Å². The third-order valence-corrected chi connectivity index (χ3v) is 4.99. The largest absolute Gasteiger partial charge is 0.497 e. The Bertz CT molecular complexity index is 1120. The minimum atomic E-state index is -0.252. The van der Waals surface area contributed by atoms with Crippen molar-refractivity contribution >= 4 is 5.91 Å². The molecule has 30 heavy (non-hydrogen) atoms. The van der Waals surface area contributed by atoms with Crippen LogP contribution in [0.25, 0.3) is 16.8 Å². The second kappa shape index (κ2) is 8.16. The molecule has 0 radical (unpaired) electrons. The summed E-state index contributed by atoms with van der Waals surface area (Å²) in [6.45, 7) is 1.89. The monoisotopic (exact) mass is 404 g/mol. The van der Waals surface area contributed by atoms with E-state index in [1.54, 1.807) is 31.2 Å². The van der Waals surface area contributed by atoms with E-state index < -0.39 is 0 Å². The Hall–Kier alpha value is -4.01. The normalized spacial score (nSPS) is 11.8. The van der Waals surface area contributed by atoms with Crippen molar-refractivity contribution < 1.29 is 14.1 Å². The lowest BCUT2D eigenvalue weighted by Gasteiger charge is -2.23. The smallest absolute Gasteiger partial charge is 0.254 e. The Kier molecular flexibility index (Phi) is 5.25. The van der Waals surface area contributed by atoms with Gasteiger partial charge in [-0.15, -0.1) is 5.10 Å². The molecule has 0 fully saturated rings. The molecule has 4 aromatic rings. The molecule has 1 amide bonds. The molecule has 0 aliphatic heterocycles. The summed E-state index contributed by atoms with van der Waals surface area (Å²) in [5.41, 5.74) is 3.66. The number of ether oxygens (including phenoxy) is 1. The van der Waals surface area contributed by atoms with Crippen molar-refractivity contribution in [2.75, 3.05) is 14.2 Å². The standard InChI is InChI=1S/C21H20N6O3/c1-14(20-8-9-30-23-20)26(2)21(28)17-10-16(15-4-6-19(29-3)7-5-15)11-18(12-17)27-13-22-24-25-27/h4-14H,1-3H3. The topological polar surface area (TPSA) is 99.2 Å². The minimum absolute atomic E-state index is 0.157. The number of amides is 1. The zero-order valence-electron chi connectivity index (χ0n) is 16.8. The molecule has 1 atom stereocenters. The Morgan fingerprint density at radius 1 is 1.13 bits per heavy atom. The number of aromatic nitrogens is 5. The highest BCUT2D eigenvalue weighted by molar-refractivity contribution is 5.96. The second-order valence-electron chi connectivity index (χ2n) is 6.77. The first kappa shape index (κ1) is 19.3. The van der Waals surface area contributed by atoms with Crippen LogP contribution < -0.4 is 4.74 Å². The van der Waals surface area contributed by atoms with Gasteiger partial charge in [-0.3, -0.25) is 4.79 Å². The molecule has 2 heterocycles. The zero-order valence-corrected chi connectivity index (χ0v) is 16.8. The molecule has 0 aliphatic carbocycles. The van der Waals surface area contributed by atoms with Crippen LogP contribution in [0.1, 0.15) is 29.0 Å². The summed E-state index contributed by atoms with van der Waals surface area (Å²) in [5, 5.41) is 15.3. The van der Waals surface area contributed by atoms with E-state index in [-0.39, 0.29) is 11.9 Å². The van der Waals surface area contributed by atoms with Gasteiger partial charge in [0.2, 0.25) is 0 Å². The van der Waals surface area contributed by atoms with E-state index in [0.717, 1.165) is 16.9 Å². The van der Waals surface area contributed by atoms with E-state index in [9.17, 15) is 4.79 Å². The molecule has 4 rings (SSSR count). The van der Waals surface area contributed by atoms with Gasteiger partial charge in [0.15, 0.2) is 0 Å². The number of carbonyl (C=O) groups excluding carboxylic acids is 1. The van der Waals surface area contributed by atoms with Gasteiger partial charge in [-0.25, -0.2) is 4.68 Å². The van der Waals surface area contributed by atoms with Crippen LogP contribution in [0.15, 0.2) is 65.6 Å². The average molecular weight is 404 g/mol. The van der Waals surface area contributed by atoms with Crippen LogP contribution >= 0.6 is 0 Å². The first-order valence-electron chi connectivity index (χ1n) is 9.27. The Labute approximate surface area is 172 Å². The molecule has 152 valence electrons. The lowest BCUT2D eigenvalue weighted by atomic mass is 10.0. The van der Waals surface area contributed by atoms with Crippen molar-refractivity contribution in [1.82, 2.24) is 30.3 Å². The van der Waals surface area contributed by atoms with Crippen molar-refractivity contribution in [3.8, 4) is 22.6 Å². The summed E-state index contributed by atoms with van der Waals surface area (Å²) >= 11 is 0. The number of methoxy groups -OCH3 is 1. The summed E-state index contributed by atoms with van der Waals surface area (Å²) in [5.74, 6) is 0.600. The third-order valence-electron chi connectivity index (χ3n) is 4.99. The molecule has 0 aliphatic rings. The number of hydrogen-bond donors (Lipinski definition) is 0. The summed E-state index contributed by atoms with van der Waals surface area (Å²) in [7, 11) is 3.36. The molecular formula is C21H20N6O3. The van der Waals surface area contributed by atoms with Crippen molar-refractivity contribution in [2.45, 2.75) is 13.0 Å². The summed E-state index contributed by atoms with van der Waals surface area (Å²) in [6.07, 6.45) is 2.98. The molecule has 9 heteroatoms. The molecule has 0 saturated carbocycles. The van der Waals surface area contributed by atoms with Gasteiger partial charge in [0, 0.05) is 18.7 Å². The number of carbonyl (C=O) groups is 1. The Morgan fingerprint density at radius 3 is 2.57 bits per heavy atom. The maximum absolute atomic E-state index is 13.3. The van der Waals surface area contributed by atoms with Gasteiger partial charge in [0.25, 0.3) is 5.91 Å². The van der Waals surface area contributed by atoms with Crippen LogP contribution in [0.2, 0.25) is 0 Å². The number of rotatable bonds is 6. The van der Waals surface area contributed by atoms with Gasteiger partial charge in [-0.2, -0.15) is 0 Å². The maximum Gasteiger partial charge on any atom is 0.254 e. The minimum Gasteiger partial charge on any atom is -0.497 e. The lowest BCUT2D eigenvalue weighted by molar-refractivity contribution is 0.0737. The summed E-state index contributed by atoms with van der Waals surface area (Å²) < 4.78 is 11.7. The Morgan fingerprint density at radius 2 is 1.93 bits per heavy atom. The number of benzene rings is 2. The van der Waals surface area contributed by atoms with Crippen LogP contribution in [0.5, 0.6) is 5.75 Å². The molecular weight excluding hydrogens is 384 g/mol. The fraction of sp³-hybridized carbons (Fsp3) is 0.190. The molecule has 0 bridgehead atoms. The van der Waals surface area contributed by atoms with Crippen molar-refractivity contribution in [1.29, 1.82) is 0 Å². The average Bonchev–Trinajstić information content (AvgIpc) is 3.52. The van der Waals surface area contributed by atoms with Crippen LogP contribution in [-0.4, -0.2) is 50.3 Å². The molecule has 2 aromatic heterocycles. The van der Waals surface area contributed by atoms with Crippen molar-refractivity contribution in [3.63, 3.8) is 0 Å². The molecule has 0 N–H and O–H groups in total. The molecule has 0 saturated heterocycles. The Balaban J connectivity index is 1.74. The highest BCUT2D eigenvalue weighted by Crippen LogP contribution is 2.28. The molecule has 2 aromatic carbocycles. The number of nitrogens with zero attached hydrogens (tertiary/aromatic N) is 6. The highest BCUT2D eigenvalue weighted by atomic mass is 16.5. The van der Waals surface area contributed by atoms with Gasteiger partial charge < -0.3 is 14.2 Å². The molecule has 9 nitrogen and oxygen atoms in total. The van der Waals surface area contributed by atoms with E-state index in [1.807, 2.05) is 43.3 Å². The lowest BCUT2D eigenvalue weighted by Crippen LogP contribution is -2.30. The van der Waals surface area contributed by atoms with Gasteiger partial charge >= 0.3 is 0 Å². The quantitative estimate of drug-likeness (QED) is 0.487. The first-order chi connectivity index (χ1) is 14.6. The fourth-order valence-corrected chi connectivity index (χ4v) is 3.11. The first-order valence-corrected chi connectivity index (χ1v) is 9.27. The maximum atomic E-state index is 13.3. The number of tetrazole rings is 1. The summed E-state index contributed by atoms with van der Waals surface area (Å²) in [6, 6.07) is 14.7. The van der Waals surface area contributed by atoms with E-state index in [0.29, 0.717) is 16.9 Å². The van der Waals surface area contributed by atoms with Gasteiger partial charge in [0.1, 0.15) is 24.0 Å². The molecule has 0 spiro atoms. The predicted octanol–water partition coefficient (Wildman–Crippen LogP) is 3.16. The third kappa shape index (κ3) is 3.77. The van der Waals surface area contributed by atoms with Crippen LogP contribution in [-0.2, 0) is 0 Å². The SMILES string of the molecule is COc1ccc(-c2cc(C(=O)N(C)C(C)c3ccon3)cc(-n3cnnn3)c2)cc1. The van der Waals surface area contributed by atoms with E-state index in [4.69, 9.17) is 9.26 Å².